The molecule has 1 aromatic carbocycles. The van der Waals surface area contributed by atoms with Gasteiger partial charge in [-0.3, -0.25) is 9.79 Å². The van der Waals surface area contributed by atoms with Crippen LogP contribution in [0, 0.1) is 5.92 Å². The summed E-state index contributed by atoms with van der Waals surface area (Å²) in [5, 5.41) is 10.7. The highest BCUT2D eigenvalue weighted by Crippen LogP contribution is 2.38. The van der Waals surface area contributed by atoms with Crippen LogP contribution in [0.2, 0.25) is 10.0 Å². The van der Waals surface area contributed by atoms with E-state index in [4.69, 9.17) is 23.2 Å². The van der Waals surface area contributed by atoms with Crippen LogP contribution in [0.4, 0.5) is 0 Å². The molecule has 0 saturated heterocycles. The molecule has 0 bridgehead atoms. The minimum atomic E-state index is -0.976. The van der Waals surface area contributed by atoms with Crippen LogP contribution < -0.4 is 0 Å². The van der Waals surface area contributed by atoms with Gasteiger partial charge in [0.25, 0.3) is 0 Å². The van der Waals surface area contributed by atoms with Gasteiger partial charge in [-0.15, -0.1) is 0 Å². The molecule has 1 N–H and O–H groups in total. The van der Waals surface area contributed by atoms with Gasteiger partial charge in [-0.2, -0.15) is 0 Å². The summed E-state index contributed by atoms with van der Waals surface area (Å²) in [5.41, 5.74) is 1.12. The van der Waals surface area contributed by atoms with E-state index >= 15 is 0 Å². The summed E-state index contributed by atoms with van der Waals surface area (Å²) < 4.78 is 0. The maximum absolute atomic E-state index is 11.5. The molecule has 2 unspecified atom stereocenters. The highest BCUT2D eigenvalue weighted by atomic mass is 35.5. The number of rotatable bonds is 2. The van der Waals surface area contributed by atoms with Crippen LogP contribution in [0.15, 0.2) is 28.2 Å². The van der Waals surface area contributed by atoms with Crippen LogP contribution in [0.5, 0.6) is 0 Å². The summed E-state index contributed by atoms with van der Waals surface area (Å²) in [7, 11) is 0. The Balaban J connectivity index is 2.56. The third-order valence-corrected chi connectivity index (χ3v) is 4.43. The van der Waals surface area contributed by atoms with E-state index in [2.05, 4.69) is 9.98 Å². The fraction of sp³-hybridized carbons (Fsp3) is 0.308. The number of aliphatic imine (C=N–C) groups is 2. The van der Waals surface area contributed by atoms with E-state index in [1.165, 1.54) is 11.8 Å². The van der Waals surface area contributed by atoms with Gasteiger partial charge < -0.3 is 5.11 Å². The number of hydrogen-bond acceptors (Lipinski definition) is 4. The third-order valence-electron chi connectivity index (χ3n) is 3.04. The second kappa shape index (κ2) is 6.16. The minimum Gasteiger partial charge on any atom is -0.481 e. The number of thioether (sulfide) groups is 1. The zero-order valence-corrected chi connectivity index (χ0v) is 13.1. The lowest BCUT2D eigenvalue weighted by molar-refractivity contribution is -0.140. The van der Waals surface area contributed by atoms with Gasteiger partial charge in [-0.05, 0) is 24.8 Å². The smallest absolute Gasteiger partial charge is 0.314 e. The Labute approximate surface area is 130 Å². The lowest BCUT2D eigenvalue weighted by Gasteiger charge is -2.26. The summed E-state index contributed by atoms with van der Waals surface area (Å²) in [4.78, 5) is 20.1. The largest absolute Gasteiger partial charge is 0.481 e. The summed E-state index contributed by atoms with van der Waals surface area (Å²) in [6.07, 6.45) is 1.84. The Morgan fingerprint density at radius 2 is 2.10 bits per heavy atom. The first-order valence-electron chi connectivity index (χ1n) is 5.79. The SMILES string of the molecule is CSC1=NC(c2cccc(Cl)c2Cl)C(C(=O)O)C(C)=N1. The number of carboxylic acid groups (broad SMARTS) is 1. The molecule has 1 aromatic rings. The normalized spacial score (nSPS) is 22.2. The van der Waals surface area contributed by atoms with Crippen molar-refractivity contribution >= 4 is 51.8 Å². The number of amidine groups is 1. The quantitative estimate of drug-likeness (QED) is 0.893. The number of carboxylic acids is 1. The molecule has 20 heavy (non-hydrogen) atoms. The minimum absolute atomic E-state index is 0.337. The van der Waals surface area contributed by atoms with Gasteiger partial charge in [0, 0.05) is 5.71 Å². The number of carbonyl (C=O) groups is 1. The Morgan fingerprint density at radius 1 is 1.40 bits per heavy atom. The van der Waals surface area contributed by atoms with E-state index in [9.17, 15) is 9.90 Å². The molecule has 1 aliphatic rings. The zero-order valence-electron chi connectivity index (χ0n) is 10.8. The van der Waals surface area contributed by atoms with E-state index in [1.54, 1.807) is 25.1 Å². The van der Waals surface area contributed by atoms with Crippen LogP contribution in [0.1, 0.15) is 18.5 Å². The fourth-order valence-corrected chi connectivity index (χ4v) is 2.96. The highest BCUT2D eigenvalue weighted by Gasteiger charge is 2.36. The molecular formula is C13H12Cl2N2O2S. The molecule has 2 rings (SSSR count). The van der Waals surface area contributed by atoms with Crippen molar-refractivity contribution in [2.75, 3.05) is 6.26 Å². The Kier molecular flexibility index (Phi) is 4.73. The molecule has 0 spiro atoms. The Morgan fingerprint density at radius 3 is 2.70 bits per heavy atom. The molecule has 4 nitrogen and oxygen atoms in total. The maximum atomic E-state index is 11.5. The second-order valence-corrected chi connectivity index (χ2v) is 5.83. The third kappa shape index (κ3) is 2.85. The summed E-state index contributed by atoms with van der Waals surface area (Å²) in [5.74, 6) is -1.81. The lowest BCUT2D eigenvalue weighted by atomic mass is 9.89. The monoisotopic (exact) mass is 330 g/mol. The second-order valence-electron chi connectivity index (χ2n) is 4.27. The van der Waals surface area contributed by atoms with Crippen molar-refractivity contribution < 1.29 is 9.90 Å². The Bertz CT molecular complexity index is 616. The van der Waals surface area contributed by atoms with Gasteiger partial charge >= 0.3 is 5.97 Å². The van der Waals surface area contributed by atoms with Crippen molar-refractivity contribution in [3.05, 3.63) is 33.8 Å². The van der Waals surface area contributed by atoms with Gasteiger partial charge in [-0.1, -0.05) is 47.1 Å². The van der Waals surface area contributed by atoms with Gasteiger partial charge in [0.2, 0.25) is 0 Å². The molecule has 0 saturated carbocycles. The molecule has 0 fully saturated rings. The van der Waals surface area contributed by atoms with E-state index in [1.807, 2.05) is 6.26 Å². The molecule has 0 radical (unpaired) electrons. The molecule has 1 aliphatic heterocycles. The highest BCUT2D eigenvalue weighted by molar-refractivity contribution is 8.13. The molecule has 0 aromatic heterocycles. The predicted octanol–water partition coefficient (Wildman–Crippen LogP) is 3.93. The van der Waals surface area contributed by atoms with E-state index in [0.29, 0.717) is 26.5 Å². The van der Waals surface area contributed by atoms with Gasteiger partial charge in [0.05, 0.1) is 16.1 Å². The van der Waals surface area contributed by atoms with Gasteiger partial charge in [0.15, 0.2) is 5.17 Å². The van der Waals surface area contributed by atoms with Crippen molar-refractivity contribution in [1.29, 1.82) is 0 Å². The van der Waals surface area contributed by atoms with Crippen molar-refractivity contribution in [3.63, 3.8) is 0 Å². The van der Waals surface area contributed by atoms with Crippen molar-refractivity contribution in [2.24, 2.45) is 15.9 Å². The van der Waals surface area contributed by atoms with Gasteiger partial charge in [-0.25, -0.2) is 4.99 Å². The molecule has 2 atom stereocenters. The number of nitrogens with zero attached hydrogens (tertiary/aromatic N) is 2. The average Bonchev–Trinajstić information content (AvgIpc) is 2.40. The van der Waals surface area contributed by atoms with Crippen LogP contribution in [0.3, 0.4) is 0 Å². The van der Waals surface area contributed by atoms with Crippen LogP contribution in [-0.4, -0.2) is 28.2 Å². The first kappa shape index (κ1) is 15.4. The topological polar surface area (TPSA) is 62.0 Å². The molecule has 0 amide bonds. The maximum Gasteiger partial charge on any atom is 0.314 e. The first-order valence-corrected chi connectivity index (χ1v) is 7.77. The van der Waals surface area contributed by atoms with Crippen molar-refractivity contribution in [2.45, 2.75) is 13.0 Å². The van der Waals surface area contributed by atoms with Crippen LogP contribution >= 0.6 is 35.0 Å². The predicted molar refractivity (Wildman–Crippen MR) is 84.4 cm³/mol. The zero-order chi connectivity index (χ0) is 14.9. The number of benzene rings is 1. The standard InChI is InChI=1S/C13H12Cl2N2O2S/c1-6-9(12(18)19)11(17-13(16-6)20-2)7-4-3-5-8(14)10(7)15/h3-5,9,11H,1-2H3,(H,18,19). The first-order chi connectivity index (χ1) is 9.45. The number of hydrogen-bond donors (Lipinski definition) is 1. The number of halogens is 2. The van der Waals surface area contributed by atoms with E-state index < -0.39 is 17.9 Å². The van der Waals surface area contributed by atoms with Crippen molar-refractivity contribution in [3.8, 4) is 0 Å². The van der Waals surface area contributed by atoms with Crippen molar-refractivity contribution in [1.82, 2.24) is 0 Å². The van der Waals surface area contributed by atoms with Gasteiger partial charge in [0.1, 0.15) is 5.92 Å². The van der Waals surface area contributed by atoms with Crippen LogP contribution in [-0.2, 0) is 4.79 Å². The molecule has 106 valence electrons. The summed E-state index contributed by atoms with van der Waals surface area (Å²) >= 11 is 13.6. The molecule has 1 heterocycles. The molecule has 0 aliphatic carbocycles. The van der Waals surface area contributed by atoms with Crippen LogP contribution in [0.25, 0.3) is 0 Å². The van der Waals surface area contributed by atoms with E-state index in [0.717, 1.165) is 0 Å². The number of aliphatic carboxylic acids is 1. The average molecular weight is 331 g/mol. The lowest BCUT2D eigenvalue weighted by Crippen LogP contribution is -2.31. The Hall–Kier alpha value is -1.04. The fourth-order valence-electron chi connectivity index (χ4n) is 2.08. The molecule has 7 heteroatoms. The van der Waals surface area contributed by atoms with E-state index in [-0.39, 0.29) is 0 Å². The summed E-state index contributed by atoms with van der Waals surface area (Å²) in [6, 6.07) is 4.53. The summed E-state index contributed by atoms with van der Waals surface area (Å²) in [6.45, 7) is 1.69. The molecular weight excluding hydrogens is 319 g/mol.